The van der Waals surface area contributed by atoms with Crippen LogP contribution in [0.2, 0.25) is 0 Å². The van der Waals surface area contributed by atoms with Gasteiger partial charge in [0.25, 0.3) is 0 Å². The number of aliphatic hydroxyl groups excluding tert-OH is 2. The molecule has 0 heterocycles. The Morgan fingerprint density at radius 3 is 2.29 bits per heavy atom. The molecule has 2 N–H and O–H groups in total. The molecule has 3 heteroatoms. The summed E-state index contributed by atoms with van der Waals surface area (Å²) >= 11 is 0. The molecule has 0 aromatic carbocycles. The van der Waals surface area contributed by atoms with Gasteiger partial charge in [-0.2, -0.15) is 0 Å². The first-order valence-corrected chi connectivity index (χ1v) is 7.00. The van der Waals surface area contributed by atoms with Gasteiger partial charge in [0, 0.05) is 24.5 Å². The Hall–Kier alpha value is -0.120. The van der Waals surface area contributed by atoms with Gasteiger partial charge in [-0.15, -0.1) is 0 Å². The molecule has 1 aliphatic rings. The van der Waals surface area contributed by atoms with Gasteiger partial charge in [-0.25, -0.2) is 0 Å². The Bertz CT molecular complexity index is 210. The van der Waals surface area contributed by atoms with Crippen LogP contribution in [0.1, 0.15) is 52.9 Å². The van der Waals surface area contributed by atoms with E-state index in [0.29, 0.717) is 6.04 Å². The molecule has 1 fully saturated rings. The molecule has 0 aromatic rings. The first-order valence-electron chi connectivity index (χ1n) is 7.00. The number of rotatable bonds is 6. The Morgan fingerprint density at radius 1 is 1.24 bits per heavy atom. The summed E-state index contributed by atoms with van der Waals surface area (Å²) in [4.78, 5) is 2.38. The van der Waals surface area contributed by atoms with E-state index in [2.05, 4.69) is 18.7 Å². The number of hydrogen-bond acceptors (Lipinski definition) is 3. The van der Waals surface area contributed by atoms with Crippen LogP contribution in [0.25, 0.3) is 0 Å². The average Bonchev–Trinajstić information content (AvgIpc) is 2.29. The van der Waals surface area contributed by atoms with E-state index >= 15 is 0 Å². The van der Waals surface area contributed by atoms with Crippen molar-refractivity contribution in [1.82, 2.24) is 4.90 Å². The zero-order valence-electron chi connectivity index (χ0n) is 11.7. The molecule has 0 spiro atoms. The smallest absolute Gasteiger partial charge is 0.0575 e. The zero-order chi connectivity index (χ0) is 12.9. The summed E-state index contributed by atoms with van der Waals surface area (Å²) < 4.78 is 0. The molecular formula is C14H29NO2. The van der Waals surface area contributed by atoms with Crippen molar-refractivity contribution in [2.24, 2.45) is 5.41 Å². The third-order valence-corrected chi connectivity index (χ3v) is 4.22. The summed E-state index contributed by atoms with van der Waals surface area (Å²) in [6.07, 6.45) is 6.14. The lowest BCUT2D eigenvalue weighted by molar-refractivity contribution is 0.0102. The third kappa shape index (κ3) is 4.57. The standard InChI is InChI=1S/C14H29NO2/c1-12(17)14(2,3)11-15(9-10-16)13-7-5-4-6-8-13/h12-13,16-17H,4-11H2,1-3H3. The van der Waals surface area contributed by atoms with Gasteiger partial charge in [0.15, 0.2) is 0 Å². The molecule has 1 rings (SSSR count). The number of aliphatic hydroxyl groups is 2. The molecule has 1 unspecified atom stereocenters. The fourth-order valence-corrected chi connectivity index (χ4v) is 2.62. The van der Waals surface area contributed by atoms with Gasteiger partial charge in [-0.3, -0.25) is 4.90 Å². The molecule has 102 valence electrons. The van der Waals surface area contributed by atoms with Crippen molar-refractivity contribution in [3.05, 3.63) is 0 Å². The first-order chi connectivity index (χ1) is 7.97. The molecule has 0 aliphatic heterocycles. The summed E-state index contributed by atoms with van der Waals surface area (Å²) in [5.41, 5.74) is -0.105. The second kappa shape index (κ2) is 6.72. The lowest BCUT2D eigenvalue weighted by Gasteiger charge is -2.40. The van der Waals surface area contributed by atoms with Crippen LogP contribution in [0, 0.1) is 5.41 Å². The Balaban J connectivity index is 2.58. The van der Waals surface area contributed by atoms with Gasteiger partial charge in [0.05, 0.1) is 12.7 Å². The van der Waals surface area contributed by atoms with Crippen molar-refractivity contribution in [1.29, 1.82) is 0 Å². The maximum atomic E-state index is 9.81. The van der Waals surface area contributed by atoms with Crippen LogP contribution in [-0.2, 0) is 0 Å². The number of hydrogen-bond donors (Lipinski definition) is 2. The van der Waals surface area contributed by atoms with Gasteiger partial charge in [0.1, 0.15) is 0 Å². The molecule has 0 saturated heterocycles. The largest absolute Gasteiger partial charge is 0.395 e. The van der Waals surface area contributed by atoms with Crippen LogP contribution < -0.4 is 0 Å². The van der Waals surface area contributed by atoms with E-state index in [0.717, 1.165) is 13.1 Å². The van der Waals surface area contributed by atoms with Crippen LogP contribution in [0.15, 0.2) is 0 Å². The van der Waals surface area contributed by atoms with Crippen LogP contribution in [0.4, 0.5) is 0 Å². The first kappa shape index (κ1) is 14.9. The van der Waals surface area contributed by atoms with E-state index in [1.807, 2.05) is 6.92 Å². The Morgan fingerprint density at radius 2 is 1.82 bits per heavy atom. The van der Waals surface area contributed by atoms with Crippen molar-refractivity contribution >= 4 is 0 Å². The topological polar surface area (TPSA) is 43.7 Å². The molecule has 17 heavy (non-hydrogen) atoms. The maximum Gasteiger partial charge on any atom is 0.0575 e. The van der Waals surface area contributed by atoms with E-state index in [9.17, 15) is 10.2 Å². The lowest BCUT2D eigenvalue weighted by atomic mass is 9.85. The second-order valence-electron chi connectivity index (χ2n) is 6.15. The molecule has 1 atom stereocenters. The monoisotopic (exact) mass is 243 g/mol. The Labute approximate surface area is 106 Å². The summed E-state index contributed by atoms with van der Waals surface area (Å²) in [5, 5.41) is 19.0. The molecule has 0 aromatic heterocycles. The molecular weight excluding hydrogens is 214 g/mol. The van der Waals surface area contributed by atoms with Gasteiger partial charge in [-0.05, 0) is 19.8 Å². The minimum absolute atomic E-state index is 0.105. The number of nitrogens with zero attached hydrogens (tertiary/aromatic N) is 1. The average molecular weight is 243 g/mol. The van der Waals surface area contributed by atoms with Crippen LogP contribution in [-0.4, -0.2) is 47.0 Å². The van der Waals surface area contributed by atoms with Crippen molar-refractivity contribution in [2.45, 2.75) is 65.0 Å². The quantitative estimate of drug-likeness (QED) is 0.750. The third-order valence-electron chi connectivity index (χ3n) is 4.22. The highest BCUT2D eigenvalue weighted by molar-refractivity contribution is 4.83. The van der Waals surface area contributed by atoms with Crippen molar-refractivity contribution in [3.8, 4) is 0 Å². The SMILES string of the molecule is CC(O)C(C)(C)CN(CCO)C1CCCCC1. The Kier molecular flexibility index (Phi) is 5.90. The van der Waals surface area contributed by atoms with Gasteiger partial charge in [0.2, 0.25) is 0 Å². The zero-order valence-corrected chi connectivity index (χ0v) is 11.7. The fourth-order valence-electron chi connectivity index (χ4n) is 2.62. The summed E-state index contributed by atoms with van der Waals surface area (Å²) in [6.45, 7) is 7.89. The predicted octanol–water partition coefficient (Wildman–Crippen LogP) is 2.02. The van der Waals surface area contributed by atoms with Gasteiger partial charge >= 0.3 is 0 Å². The fraction of sp³-hybridized carbons (Fsp3) is 1.00. The predicted molar refractivity (Wildman–Crippen MR) is 71.0 cm³/mol. The summed E-state index contributed by atoms with van der Waals surface area (Å²) in [6, 6.07) is 0.605. The van der Waals surface area contributed by atoms with Gasteiger partial charge in [-0.1, -0.05) is 33.1 Å². The molecule has 1 saturated carbocycles. The molecule has 0 radical (unpaired) electrons. The van der Waals surface area contributed by atoms with Gasteiger partial charge < -0.3 is 10.2 Å². The van der Waals surface area contributed by atoms with Crippen LogP contribution >= 0.6 is 0 Å². The molecule has 3 nitrogen and oxygen atoms in total. The summed E-state index contributed by atoms with van der Waals surface area (Å²) in [5.74, 6) is 0. The van der Waals surface area contributed by atoms with E-state index in [1.54, 1.807) is 0 Å². The minimum atomic E-state index is -0.313. The minimum Gasteiger partial charge on any atom is -0.395 e. The van der Waals surface area contributed by atoms with Crippen molar-refractivity contribution < 1.29 is 10.2 Å². The summed E-state index contributed by atoms with van der Waals surface area (Å²) in [7, 11) is 0. The second-order valence-corrected chi connectivity index (χ2v) is 6.15. The normalized spacial score (nSPS) is 20.8. The molecule has 1 aliphatic carbocycles. The van der Waals surface area contributed by atoms with Crippen LogP contribution in [0.5, 0.6) is 0 Å². The highest BCUT2D eigenvalue weighted by atomic mass is 16.3. The van der Waals surface area contributed by atoms with Crippen molar-refractivity contribution in [3.63, 3.8) is 0 Å². The van der Waals surface area contributed by atoms with Crippen LogP contribution in [0.3, 0.4) is 0 Å². The maximum absolute atomic E-state index is 9.81. The van der Waals surface area contributed by atoms with Crippen molar-refractivity contribution in [2.75, 3.05) is 19.7 Å². The van der Waals surface area contributed by atoms with E-state index in [4.69, 9.17) is 0 Å². The van der Waals surface area contributed by atoms with E-state index in [1.165, 1.54) is 32.1 Å². The van der Waals surface area contributed by atoms with E-state index in [-0.39, 0.29) is 18.1 Å². The molecule has 0 bridgehead atoms. The molecule has 0 amide bonds. The highest BCUT2D eigenvalue weighted by Gasteiger charge is 2.30. The van der Waals surface area contributed by atoms with E-state index < -0.39 is 0 Å². The lowest BCUT2D eigenvalue weighted by Crippen LogP contribution is -2.47. The highest BCUT2D eigenvalue weighted by Crippen LogP contribution is 2.28.